The maximum absolute atomic E-state index is 6.46. The smallest absolute Gasteiger partial charge is 0.0489 e. The molecular formula is C15H29ClN2. The minimum Gasteiger partial charge on any atom is -0.312 e. The molecule has 2 nitrogen and oxygen atoms in total. The number of alkyl halides is 1. The molecule has 106 valence electrons. The molecule has 18 heavy (non-hydrogen) atoms. The van der Waals surface area contributed by atoms with E-state index in [-0.39, 0.29) is 0 Å². The SMILES string of the molecule is CN1CCCCC1CCNC1CCCCCC1Cl. The predicted octanol–water partition coefficient (Wildman–Crippen LogP) is 3.39. The van der Waals surface area contributed by atoms with Gasteiger partial charge in [0.15, 0.2) is 0 Å². The lowest BCUT2D eigenvalue weighted by Gasteiger charge is -2.33. The van der Waals surface area contributed by atoms with Crippen LogP contribution >= 0.6 is 11.6 Å². The zero-order chi connectivity index (χ0) is 12.8. The van der Waals surface area contributed by atoms with Crippen LogP contribution in [0, 0.1) is 0 Å². The molecule has 0 aromatic carbocycles. The minimum atomic E-state index is 0.358. The first kappa shape index (κ1) is 14.6. The van der Waals surface area contributed by atoms with Gasteiger partial charge in [-0.15, -0.1) is 11.6 Å². The first-order chi connectivity index (χ1) is 8.77. The fourth-order valence-corrected chi connectivity index (χ4v) is 3.81. The Bertz CT molecular complexity index is 235. The highest BCUT2D eigenvalue weighted by Gasteiger charge is 2.22. The molecule has 2 rings (SSSR count). The van der Waals surface area contributed by atoms with Crippen molar-refractivity contribution in [2.75, 3.05) is 20.1 Å². The van der Waals surface area contributed by atoms with Crippen molar-refractivity contribution in [2.45, 2.75) is 75.2 Å². The molecule has 2 aliphatic rings. The summed E-state index contributed by atoms with van der Waals surface area (Å²) in [6.45, 7) is 2.43. The summed E-state index contributed by atoms with van der Waals surface area (Å²) in [5.74, 6) is 0. The molecule has 2 fully saturated rings. The van der Waals surface area contributed by atoms with Gasteiger partial charge in [0.2, 0.25) is 0 Å². The lowest BCUT2D eigenvalue weighted by Crippen LogP contribution is -2.41. The zero-order valence-electron chi connectivity index (χ0n) is 11.8. The molecule has 3 atom stereocenters. The second-order valence-corrected chi connectivity index (χ2v) is 6.69. The molecule has 1 heterocycles. The minimum absolute atomic E-state index is 0.358. The van der Waals surface area contributed by atoms with E-state index in [1.54, 1.807) is 0 Å². The van der Waals surface area contributed by atoms with Gasteiger partial charge < -0.3 is 10.2 Å². The van der Waals surface area contributed by atoms with Crippen LogP contribution in [-0.4, -0.2) is 42.5 Å². The average molecular weight is 273 g/mol. The predicted molar refractivity (Wildman–Crippen MR) is 79.4 cm³/mol. The summed E-state index contributed by atoms with van der Waals surface area (Å²) in [7, 11) is 2.28. The number of rotatable bonds is 4. The van der Waals surface area contributed by atoms with Gasteiger partial charge in [0.1, 0.15) is 0 Å². The van der Waals surface area contributed by atoms with Crippen LogP contribution in [0.25, 0.3) is 0 Å². The molecule has 1 saturated heterocycles. The highest BCUT2D eigenvalue weighted by Crippen LogP contribution is 2.23. The van der Waals surface area contributed by atoms with Gasteiger partial charge in [-0.05, 0) is 52.2 Å². The topological polar surface area (TPSA) is 15.3 Å². The van der Waals surface area contributed by atoms with Crippen LogP contribution in [0.3, 0.4) is 0 Å². The Morgan fingerprint density at radius 2 is 1.83 bits per heavy atom. The van der Waals surface area contributed by atoms with Crippen molar-refractivity contribution in [3.8, 4) is 0 Å². The van der Waals surface area contributed by atoms with Gasteiger partial charge in [-0.25, -0.2) is 0 Å². The van der Waals surface area contributed by atoms with Crippen LogP contribution in [0.5, 0.6) is 0 Å². The Hall–Kier alpha value is 0.210. The monoisotopic (exact) mass is 272 g/mol. The van der Waals surface area contributed by atoms with Crippen molar-refractivity contribution in [3.05, 3.63) is 0 Å². The molecule has 3 unspecified atom stereocenters. The molecule has 3 heteroatoms. The van der Waals surface area contributed by atoms with Crippen LogP contribution in [0.15, 0.2) is 0 Å². The summed E-state index contributed by atoms with van der Waals surface area (Å²) in [5, 5.41) is 4.08. The van der Waals surface area contributed by atoms with Crippen LogP contribution in [0.1, 0.15) is 57.8 Å². The number of hydrogen-bond donors (Lipinski definition) is 1. The highest BCUT2D eigenvalue weighted by molar-refractivity contribution is 6.21. The van der Waals surface area contributed by atoms with Gasteiger partial charge in [0.25, 0.3) is 0 Å². The van der Waals surface area contributed by atoms with E-state index >= 15 is 0 Å². The van der Waals surface area contributed by atoms with Gasteiger partial charge in [-0.2, -0.15) is 0 Å². The van der Waals surface area contributed by atoms with E-state index in [2.05, 4.69) is 17.3 Å². The Morgan fingerprint density at radius 1 is 1.06 bits per heavy atom. The Morgan fingerprint density at radius 3 is 2.67 bits per heavy atom. The van der Waals surface area contributed by atoms with E-state index in [1.165, 1.54) is 64.3 Å². The van der Waals surface area contributed by atoms with Crippen molar-refractivity contribution >= 4 is 11.6 Å². The molecular weight excluding hydrogens is 244 g/mol. The quantitative estimate of drug-likeness (QED) is 0.623. The van der Waals surface area contributed by atoms with Crippen LogP contribution in [-0.2, 0) is 0 Å². The average Bonchev–Trinajstić information content (AvgIpc) is 2.57. The molecule has 0 spiro atoms. The first-order valence-corrected chi connectivity index (χ1v) is 8.28. The van der Waals surface area contributed by atoms with Gasteiger partial charge in [0.05, 0.1) is 0 Å². The normalized spacial score (nSPS) is 35.3. The summed E-state index contributed by atoms with van der Waals surface area (Å²) < 4.78 is 0. The van der Waals surface area contributed by atoms with E-state index in [0.717, 1.165) is 12.6 Å². The number of hydrogen-bond acceptors (Lipinski definition) is 2. The maximum Gasteiger partial charge on any atom is 0.0489 e. The molecule has 0 bridgehead atoms. The second kappa shape index (κ2) is 7.72. The summed E-state index contributed by atoms with van der Waals surface area (Å²) in [5.41, 5.74) is 0. The largest absolute Gasteiger partial charge is 0.312 e. The second-order valence-electron chi connectivity index (χ2n) is 6.13. The molecule has 1 N–H and O–H groups in total. The Labute approximate surface area is 117 Å². The van der Waals surface area contributed by atoms with Gasteiger partial charge >= 0.3 is 0 Å². The molecule has 1 saturated carbocycles. The first-order valence-electron chi connectivity index (χ1n) is 7.85. The summed E-state index contributed by atoms with van der Waals surface area (Å²) in [6, 6.07) is 1.36. The third-order valence-corrected chi connectivity index (χ3v) is 5.26. The summed E-state index contributed by atoms with van der Waals surface area (Å²) in [6.07, 6.45) is 12.0. The summed E-state index contributed by atoms with van der Waals surface area (Å²) >= 11 is 6.46. The molecule has 1 aliphatic heterocycles. The fraction of sp³-hybridized carbons (Fsp3) is 1.00. The highest BCUT2D eigenvalue weighted by atomic mass is 35.5. The molecule has 1 aliphatic carbocycles. The number of likely N-dealkylation sites (tertiary alicyclic amines) is 1. The van der Waals surface area contributed by atoms with Crippen molar-refractivity contribution < 1.29 is 0 Å². The van der Waals surface area contributed by atoms with Crippen molar-refractivity contribution in [2.24, 2.45) is 0 Å². The number of nitrogens with zero attached hydrogens (tertiary/aromatic N) is 1. The van der Waals surface area contributed by atoms with Crippen LogP contribution < -0.4 is 5.32 Å². The summed E-state index contributed by atoms with van der Waals surface area (Å²) in [4.78, 5) is 2.54. The number of nitrogens with one attached hydrogen (secondary N) is 1. The van der Waals surface area contributed by atoms with Gasteiger partial charge in [-0.1, -0.05) is 25.7 Å². The van der Waals surface area contributed by atoms with E-state index < -0.39 is 0 Å². The molecule has 0 aromatic rings. The number of halogens is 1. The molecule has 0 amide bonds. The van der Waals surface area contributed by atoms with E-state index in [1.807, 2.05) is 0 Å². The standard InChI is InChI=1S/C15H29ClN2/c1-18-12-6-5-7-13(18)10-11-17-15-9-4-2-3-8-14(15)16/h13-15,17H,2-12H2,1H3. The Kier molecular flexibility index (Phi) is 6.26. The van der Waals surface area contributed by atoms with Crippen LogP contribution in [0.4, 0.5) is 0 Å². The van der Waals surface area contributed by atoms with Crippen molar-refractivity contribution in [3.63, 3.8) is 0 Å². The fourth-order valence-electron chi connectivity index (χ4n) is 3.44. The van der Waals surface area contributed by atoms with Crippen molar-refractivity contribution in [1.82, 2.24) is 10.2 Å². The van der Waals surface area contributed by atoms with E-state index in [0.29, 0.717) is 11.4 Å². The Balaban J connectivity index is 1.67. The van der Waals surface area contributed by atoms with Crippen molar-refractivity contribution in [1.29, 1.82) is 0 Å². The van der Waals surface area contributed by atoms with Gasteiger partial charge in [-0.3, -0.25) is 0 Å². The van der Waals surface area contributed by atoms with E-state index in [4.69, 9.17) is 11.6 Å². The lowest BCUT2D eigenvalue weighted by atomic mass is 10.00. The molecule has 0 radical (unpaired) electrons. The third-order valence-electron chi connectivity index (χ3n) is 4.74. The zero-order valence-corrected chi connectivity index (χ0v) is 12.6. The maximum atomic E-state index is 6.46. The number of piperidine rings is 1. The third kappa shape index (κ3) is 4.40. The molecule has 0 aromatic heterocycles. The van der Waals surface area contributed by atoms with Crippen LogP contribution in [0.2, 0.25) is 0 Å². The van der Waals surface area contributed by atoms with E-state index in [9.17, 15) is 0 Å². The van der Waals surface area contributed by atoms with Gasteiger partial charge in [0, 0.05) is 17.5 Å². The lowest BCUT2D eigenvalue weighted by molar-refractivity contribution is 0.174.